The summed E-state index contributed by atoms with van der Waals surface area (Å²) in [5.74, 6) is 0.729. The predicted octanol–water partition coefficient (Wildman–Crippen LogP) is 4.22. The van der Waals surface area contributed by atoms with E-state index in [1.165, 1.54) is 5.69 Å². The summed E-state index contributed by atoms with van der Waals surface area (Å²) >= 11 is 0. The Morgan fingerprint density at radius 3 is 1.91 bits per heavy atom. The van der Waals surface area contributed by atoms with Gasteiger partial charge in [-0.25, -0.2) is 0 Å². The highest BCUT2D eigenvalue weighted by molar-refractivity contribution is 6.33. The van der Waals surface area contributed by atoms with Gasteiger partial charge in [0.05, 0.1) is 7.11 Å². The molecule has 0 bridgehead atoms. The molecule has 1 heterocycles. The number of methoxy groups -OCH3 is 1. The molecule has 1 aliphatic heterocycles. The first-order valence-electron chi connectivity index (χ1n) is 11.5. The Balaban J connectivity index is 1.32. The summed E-state index contributed by atoms with van der Waals surface area (Å²) in [7, 11) is 1.67. The number of piperazine rings is 1. The van der Waals surface area contributed by atoms with E-state index in [9.17, 15) is 9.59 Å². The smallest absolute Gasteiger partial charge is 0.181 e. The maximum Gasteiger partial charge on any atom is 0.181 e. The summed E-state index contributed by atoms with van der Waals surface area (Å²) in [6, 6.07) is 25.0. The van der Waals surface area contributed by atoms with Crippen LogP contribution in [-0.2, 0) is 5.41 Å². The van der Waals surface area contributed by atoms with Crippen molar-refractivity contribution >= 4 is 17.3 Å². The zero-order valence-electron chi connectivity index (χ0n) is 18.9. The third-order valence-corrected chi connectivity index (χ3v) is 7.07. The van der Waals surface area contributed by atoms with Crippen LogP contribution in [0.2, 0.25) is 0 Å². The number of carbonyl (C=O) groups excluding carboxylic acids is 2. The largest absolute Gasteiger partial charge is 0.497 e. The van der Waals surface area contributed by atoms with Gasteiger partial charge in [0.25, 0.3) is 0 Å². The molecular formula is C28H28N2O3. The van der Waals surface area contributed by atoms with E-state index in [4.69, 9.17) is 4.74 Å². The number of Topliss-reactive ketones (excluding diaryl/α,β-unsaturated/α-hetero) is 2. The molecule has 3 aromatic carbocycles. The second-order valence-corrected chi connectivity index (χ2v) is 8.75. The van der Waals surface area contributed by atoms with E-state index >= 15 is 0 Å². The number of carbonyl (C=O) groups is 2. The minimum Gasteiger partial charge on any atom is -0.497 e. The van der Waals surface area contributed by atoms with Gasteiger partial charge in [-0.2, -0.15) is 0 Å². The molecule has 3 aromatic rings. The third kappa shape index (κ3) is 3.72. The van der Waals surface area contributed by atoms with Gasteiger partial charge < -0.3 is 9.64 Å². The average Bonchev–Trinajstić information content (AvgIpc) is 3.11. The summed E-state index contributed by atoms with van der Waals surface area (Å²) in [6.45, 7) is 4.31. The van der Waals surface area contributed by atoms with Crippen LogP contribution in [0.25, 0.3) is 0 Å². The van der Waals surface area contributed by atoms with Crippen LogP contribution in [-0.4, -0.2) is 56.3 Å². The lowest BCUT2D eigenvalue weighted by atomic mass is 9.73. The van der Waals surface area contributed by atoms with Gasteiger partial charge >= 0.3 is 0 Å². The monoisotopic (exact) mass is 440 g/mol. The van der Waals surface area contributed by atoms with Crippen LogP contribution in [0.1, 0.15) is 32.7 Å². The van der Waals surface area contributed by atoms with Crippen LogP contribution in [0.3, 0.4) is 0 Å². The Kier molecular flexibility index (Phi) is 5.73. The normalized spacial score (nSPS) is 17.8. The summed E-state index contributed by atoms with van der Waals surface area (Å²) < 4.78 is 5.26. The number of ether oxygens (including phenoxy) is 1. The number of nitrogens with zero attached hydrogens (tertiary/aromatic N) is 2. The molecule has 0 radical (unpaired) electrons. The van der Waals surface area contributed by atoms with Crippen molar-refractivity contribution in [2.24, 2.45) is 0 Å². The second-order valence-electron chi connectivity index (χ2n) is 8.75. The Hall–Kier alpha value is -3.44. The molecule has 2 aliphatic rings. The molecule has 0 amide bonds. The van der Waals surface area contributed by atoms with E-state index in [0.717, 1.165) is 37.5 Å². The average molecular weight is 441 g/mol. The van der Waals surface area contributed by atoms with Crippen LogP contribution in [0.15, 0.2) is 78.9 Å². The standard InChI is InChI=1S/C28H28N2O3/c1-33-23-13-11-22(12-14-23)30-19-17-29(18-20-30)16-15-28(21-7-3-2-4-8-21)26(31)24-9-5-6-10-25(24)27(28)32/h2-14H,15-20H2,1H3. The van der Waals surface area contributed by atoms with Gasteiger partial charge in [-0.3, -0.25) is 14.5 Å². The molecule has 168 valence electrons. The van der Waals surface area contributed by atoms with Crippen molar-refractivity contribution in [3.8, 4) is 5.75 Å². The topological polar surface area (TPSA) is 49.9 Å². The number of rotatable bonds is 6. The first-order chi connectivity index (χ1) is 16.1. The van der Waals surface area contributed by atoms with Crippen molar-refractivity contribution in [3.63, 3.8) is 0 Å². The van der Waals surface area contributed by atoms with Gasteiger partial charge in [-0.05, 0) is 36.2 Å². The Labute approximate surface area is 194 Å². The molecule has 5 nitrogen and oxygen atoms in total. The van der Waals surface area contributed by atoms with Gasteiger partial charge in [-0.1, -0.05) is 54.6 Å². The van der Waals surface area contributed by atoms with Gasteiger partial charge in [0.15, 0.2) is 11.6 Å². The third-order valence-electron chi connectivity index (χ3n) is 7.07. The Morgan fingerprint density at radius 2 is 1.33 bits per heavy atom. The molecule has 33 heavy (non-hydrogen) atoms. The van der Waals surface area contributed by atoms with Crippen molar-refractivity contribution < 1.29 is 14.3 Å². The molecule has 5 rings (SSSR count). The maximum atomic E-state index is 13.6. The van der Waals surface area contributed by atoms with Crippen molar-refractivity contribution in [2.45, 2.75) is 11.8 Å². The van der Waals surface area contributed by atoms with E-state index in [-0.39, 0.29) is 11.6 Å². The van der Waals surface area contributed by atoms with Crippen molar-refractivity contribution in [1.82, 2.24) is 4.90 Å². The molecule has 1 saturated heterocycles. The molecule has 0 saturated carbocycles. The summed E-state index contributed by atoms with van der Waals surface area (Å²) in [5.41, 5.74) is 1.96. The molecule has 0 aromatic heterocycles. The number of fused-ring (bicyclic) bond motifs is 1. The highest BCUT2D eigenvalue weighted by Crippen LogP contribution is 2.42. The molecule has 1 fully saturated rings. The summed E-state index contributed by atoms with van der Waals surface area (Å²) in [6.07, 6.45) is 0.492. The molecule has 5 heteroatoms. The van der Waals surface area contributed by atoms with E-state index in [1.807, 2.05) is 54.6 Å². The lowest BCUT2D eigenvalue weighted by Crippen LogP contribution is -2.49. The fourth-order valence-corrected chi connectivity index (χ4v) is 5.15. The molecule has 0 unspecified atom stereocenters. The lowest BCUT2D eigenvalue weighted by molar-refractivity contribution is 0.0767. The minimum atomic E-state index is -1.13. The van der Waals surface area contributed by atoms with Crippen molar-refractivity contribution in [1.29, 1.82) is 0 Å². The van der Waals surface area contributed by atoms with Gasteiger partial charge in [-0.15, -0.1) is 0 Å². The molecule has 0 N–H and O–H groups in total. The van der Waals surface area contributed by atoms with Crippen molar-refractivity contribution in [2.75, 3.05) is 44.7 Å². The highest BCUT2D eigenvalue weighted by Gasteiger charge is 2.53. The van der Waals surface area contributed by atoms with Crippen LogP contribution in [0.4, 0.5) is 5.69 Å². The molecule has 1 aliphatic carbocycles. The number of hydrogen-bond donors (Lipinski definition) is 0. The molecule has 0 atom stereocenters. The summed E-state index contributed by atoms with van der Waals surface area (Å²) in [4.78, 5) is 32.0. The predicted molar refractivity (Wildman–Crippen MR) is 129 cm³/mol. The first kappa shape index (κ1) is 21.4. The fraction of sp³-hybridized carbons (Fsp3) is 0.286. The minimum absolute atomic E-state index is 0.0637. The van der Waals surface area contributed by atoms with Crippen LogP contribution < -0.4 is 9.64 Å². The zero-order valence-corrected chi connectivity index (χ0v) is 18.9. The van der Waals surface area contributed by atoms with Crippen molar-refractivity contribution in [3.05, 3.63) is 95.6 Å². The highest BCUT2D eigenvalue weighted by atomic mass is 16.5. The van der Waals surface area contributed by atoms with Crippen LogP contribution >= 0.6 is 0 Å². The first-order valence-corrected chi connectivity index (χ1v) is 11.5. The van der Waals surface area contributed by atoms with E-state index in [2.05, 4.69) is 21.9 Å². The van der Waals surface area contributed by atoms with Gasteiger partial charge in [0.1, 0.15) is 11.2 Å². The Morgan fingerprint density at radius 1 is 0.758 bits per heavy atom. The van der Waals surface area contributed by atoms with E-state index in [0.29, 0.717) is 24.1 Å². The number of ketones is 2. The quantitative estimate of drug-likeness (QED) is 0.537. The SMILES string of the molecule is COc1ccc(N2CCN(CCC3(c4ccccc4)C(=O)c4ccccc4C3=O)CC2)cc1. The molecular weight excluding hydrogens is 412 g/mol. The number of benzene rings is 3. The second kappa shape index (κ2) is 8.83. The lowest BCUT2D eigenvalue weighted by Gasteiger charge is -2.37. The Bertz CT molecular complexity index is 1110. The molecule has 0 spiro atoms. The van der Waals surface area contributed by atoms with E-state index in [1.54, 1.807) is 19.2 Å². The fourth-order valence-electron chi connectivity index (χ4n) is 5.15. The van der Waals surface area contributed by atoms with Gasteiger partial charge in [0, 0.05) is 49.5 Å². The zero-order chi connectivity index (χ0) is 22.8. The van der Waals surface area contributed by atoms with Crippen LogP contribution in [0.5, 0.6) is 5.75 Å². The van der Waals surface area contributed by atoms with E-state index < -0.39 is 5.41 Å². The number of anilines is 1. The number of hydrogen-bond acceptors (Lipinski definition) is 5. The maximum absolute atomic E-state index is 13.6. The van der Waals surface area contributed by atoms with Gasteiger partial charge in [0.2, 0.25) is 0 Å². The van der Waals surface area contributed by atoms with Crippen LogP contribution in [0, 0.1) is 0 Å². The summed E-state index contributed by atoms with van der Waals surface area (Å²) in [5, 5.41) is 0.